The first-order chi connectivity index (χ1) is 6.74. The maximum absolute atomic E-state index is 11.2. The zero-order valence-electron chi connectivity index (χ0n) is 8.45. The monoisotopic (exact) mass is 187 g/mol. The predicted molar refractivity (Wildman–Crippen MR) is 56.1 cm³/mol. The summed E-state index contributed by atoms with van der Waals surface area (Å²) in [6.07, 6.45) is 0. The van der Waals surface area contributed by atoms with Crippen LogP contribution in [0.3, 0.4) is 0 Å². The third kappa shape index (κ3) is 2.95. The largest absolute Gasteiger partial charge is 0.274 e. The average molecular weight is 187 g/mol. The van der Waals surface area contributed by atoms with E-state index in [0.717, 1.165) is 5.56 Å². The van der Waals surface area contributed by atoms with E-state index in [1.54, 1.807) is 6.92 Å². The van der Waals surface area contributed by atoms with Gasteiger partial charge in [0.1, 0.15) is 0 Å². The van der Waals surface area contributed by atoms with Gasteiger partial charge < -0.3 is 0 Å². The Morgan fingerprint density at radius 2 is 2.00 bits per heavy atom. The molecule has 0 radical (unpaired) electrons. The van der Waals surface area contributed by atoms with Gasteiger partial charge in [-0.15, -0.1) is 0 Å². The van der Waals surface area contributed by atoms with Gasteiger partial charge in [-0.05, 0) is 12.5 Å². The average Bonchev–Trinajstić information content (AvgIpc) is 2.18. The summed E-state index contributed by atoms with van der Waals surface area (Å²) in [6.45, 7) is 3.80. The highest BCUT2D eigenvalue weighted by atomic mass is 16.2. The molecule has 1 amide bonds. The fourth-order valence-corrected chi connectivity index (χ4v) is 1.13. The molecule has 0 aromatic heterocycles. The van der Waals surface area contributed by atoms with Gasteiger partial charge in [-0.2, -0.15) is 0 Å². The van der Waals surface area contributed by atoms with Crippen LogP contribution in [0.25, 0.3) is 0 Å². The highest BCUT2D eigenvalue weighted by Gasteiger charge is 2.05. The van der Waals surface area contributed by atoms with E-state index in [2.05, 4.69) is 12.0 Å². The van der Waals surface area contributed by atoms with Crippen molar-refractivity contribution in [2.24, 2.45) is 0 Å². The molecular formula is C12H13NO. The SMILES string of the molecule is CC#CN(Cc1ccccc1)C(C)=O. The van der Waals surface area contributed by atoms with Crippen molar-refractivity contribution in [1.82, 2.24) is 4.90 Å². The van der Waals surface area contributed by atoms with E-state index in [9.17, 15) is 4.79 Å². The van der Waals surface area contributed by atoms with E-state index in [0.29, 0.717) is 6.54 Å². The van der Waals surface area contributed by atoms with Crippen LogP contribution < -0.4 is 0 Å². The van der Waals surface area contributed by atoms with Crippen molar-refractivity contribution in [2.45, 2.75) is 20.4 Å². The molecule has 14 heavy (non-hydrogen) atoms. The molecule has 2 nitrogen and oxygen atoms in total. The Balaban J connectivity index is 2.73. The summed E-state index contributed by atoms with van der Waals surface area (Å²) in [6, 6.07) is 12.6. The summed E-state index contributed by atoms with van der Waals surface area (Å²) < 4.78 is 0. The van der Waals surface area contributed by atoms with Crippen molar-refractivity contribution >= 4 is 5.91 Å². The normalized spacial score (nSPS) is 8.71. The minimum atomic E-state index is -0.0248. The van der Waals surface area contributed by atoms with Crippen molar-refractivity contribution in [3.63, 3.8) is 0 Å². The van der Waals surface area contributed by atoms with E-state index < -0.39 is 0 Å². The smallest absolute Gasteiger partial charge is 0.231 e. The van der Waals surface area contributed by atoms with Crippen LogP contribution in [0, 0.1) is 12.0 Å². The lowest BCUT2D eigenvalue weighted by molar-refractivity contribution is -0.126. The zero-order valence-corrected chi connectivity index (χ0v) is 8.45. The Hall–Kier alpha value is -1.75. The van der Waals surface area contributed by atoms with Crippen LogP contribution in [0.2, 0.25) is 0 Å². The van der Waals surface area contributed by atoms with Gasteiger partial charge in [0.2, 0.25) is 5.91 Å². The summed E-state index contributed by atoms with van der Waals surface area (Å²) in [5.41, 5.74) is 1.09. The standard InChI is InChI=1S/C12H13NO/c1-3-9-13(11(2)14)10-12-7-5-4-6-8-12/h4-8H,10H2,1-2H3. The van der Waals surface area contributed by atoms with Crippen LogP contribution in [0.1, 0.15) is 19.4 Å². The molecule has 0 heterocycles. The molecule has 0 aliphatic heterocycles. The maximum atomic E-state index is 11.2. The van der Waals surface area contributed by atoms with Gasteiger partial charge >= 0.3 is 0 Å². The molecule has 1 aromatic rings. The molecule has 0 bridgehead atoms. The van der Waals surface area contributed by atoms with Crippen LogP contribution in [0.4, 0.5) is 0 Å². The minimum absolute atomic E-state index is 0.0248. The molecule has 0 unspecified atom stereocenters. The molecule has 0 N–H and O–H groups in total. The Bertz CT molecular complexity index is 359. The maximum Gasteiger partial charge on any atom is 0.231 e. The summed E-state index contributed by atoms with van der Waals surface area (Å²) in [7, 11) is 0. The first-order valence-electron chi connectivity index (χ1n) is 4.48. The molecule has 1 aromatic carbocycles. The highest BCUT2D eigenvalue weighted by Crippen LogP contribution is 2.03. The number of carbonyl (C=O) groups excluding carboxylic acids is 1. The molecule has 0 fully saturated rings. The molecule has 2 heteroatoms. The zero-order chi connectivity index (χ0) is 10.4. The predicted octanol–water partition coefficient (Wildman–Crippen LogP) is 2.02. The summed E-state index contributed by atoms with van der Waals surface area (Å²) in [4.78, 5) is 12.7. The van der Waals surface area contributed by atoms with E-state index >= 15 is 0 Å². The minimum Gasteiger partial charge on any atom is -0.274 e. The van der Waals surface area contributed by atoms with E-state index in [1.165, 1.54) is 11.8 Å². The van der Waals surface area contributed by atoms with Gasteiger partial charge in [-0.3, -0.25) is 9.69 Å². The van der Waals surface area contributed by atoms with Crippen LogP contribution in [0.5, 0.6) is 0 Å². The molecule has 0 aliphatic rings. The van der Waals surface area contributed by atoms with Crippen LogP contribution in [0.15, 0.2) is 30.3 Å². The van der Waals surface area contributed by atoms with Gasteiger partial charge in [0.05, 0.1) is 6.54 Å². The molecule has 72 valence electrons. The second-order valence-electron chi connectivity index (χ2n) is 2.95. The lowest BCUT2D eigenvalue weighted by atomic mass is 10.2. The van der Waals surface area contributed by atoms with Crippen molar-refractivity contribution in [1.29, 1.82) is 0 Å². The number of benzene rings is 1. The number of hydrogen-bond acceptors (Lipinski definition) is 1. The molecule has 0 saturated carbocycles. The molecule has 0 aliphatic carbocycles. The second-order valence-corrected chi connectivity index (χ2v) is 2.95. The van der Waals surface area contributed by atoms with Crippen molar-refractivity contribution in [3.05, 3.63) is 35.9 Å². The van der Waals surface area contributed by atoms with Gasteiger partial charge in [0.25, 0.3) is 0 Å². The fraction of sp³-hybridized carbons (Fsp3) is 0.250. The molecular weight excluding hydrogens is 174 g/mol. The van der Waals surface area contributed by atoms with Crippen molar-refractivity contribution < 1.29 is 4.79 Å². The summed E-state index contributed by atoms with van der Waals surface area (Å²) >= 11 is 0. The topological polar surface area (TPSA) is 20.3 Å². The molecule has 0 atom stereocenters. The van der Waals surface area contributed by atoms with Gasteiger partial charge in [-0.1, -0.05) is 36.3 Å². The first kappa shape index (κ1) is 10.3. The third-order valence-electron chi connectivity index (χ3n) is 1.81. The number of hydrogen-bond donors (Lipinski definition) is 0. The quantitative estimate of drug-likeness (QED) is 0.512. The Morgan fingerprint density at radius 1 is 1.36 bits per heavy atom. The Morgan fingerprint density at radius 3 is 2.50 bits per heavy atom. The van der Waals surface area contributed by atoms with Crippen molar-refractivity contribution in [3.8, 4) is 12.0 Å². The van der Waals surface area contributed by atoms with Gasteiger partial charge in [-0.25, -0.2) is 0 Å². The van der Waals surface area contributed by atoms with Crippen LogP contribution >= 0.6 is 0 Å². The van der Waals surface area contributed by atoms with E-state index in [-0.39, 0.29) is 5.91 Å². The Labute approximate surface area is 84.5 Å². The summed E-state index contributed by atoms with van der Waals surface area (Å²) in [5, 5.41) is 0. The molecule has 0 spiro atoms. The van der Waals surface area contributed by atoms with Gasteiger partial charge in [0.15, 0.2) is 0 Å². The van der Waals surface area contributed by atoms with E-state index in [4.69, 9.17) is 0 Å². The van der Waals surface area contributed by atoms with E-state index in [1.807, 2.05) is 30.3 Å². The van der Waals surface area contributed by atoms with Crippen LogP contribution in [-0.4, -0.2) is 10.8 Å². The van der Waals surface area contributed by atoms with Crippen LogP contribution in [-0.2, 0) is 11.3 Å². The fourth-order valence-electron chi connectivity index (χ4n) is 1.13. The lowest BCUT2D eigenvalue weighted by Crippen LogP contribution is -2.22. The number of carbonyl (C=O) groups is 1. The second kappa shape index (κ2) is 5.08. The number of amides is 1. The number of nitrogens with zero attached hydrogens (tertiary/aromatic N) is 1. The molecule has 1 rings (SSSR count). The lowest BCUT2D eigenvalue weighted by Gasteiger charge is -2.12. The van der Waals surface area contributed by atoms with Crippen molar-refractivity contribution in [2.75, 3.05) is 0 Å². The van der Waals surface area contributed by atoms with Gasteiger partial charge in [0, 0.05) is 13.0 Å². The highest BCUT2D eigenvalue weighted by molar-refractivity contribution is 5.75. The summed E-state index contributed by atoms with van der Waals surface area (Å²) in [5.74, 6) is 2.70. The molecule has 0 saturated heterocycles. The Kier molecular flexibility index (Phi) is 3.75. The first-order valence-corrected chi connectivity index (χ1v) is 4.48. The number of rotatable bonds is 2. The third-order valence-corrected chi connectivity index (χ3v) is 1.81.